The Labute approximate surface area is 107 Å². The number of rotatable bonds is 2. The first kappa shape index (κ1) is 11.3. The number of fused-ring (bicyclic) bond motifs is 1. The summed E-state index contributed by atoms with van der Waals surface area (Å²) in [6.07, 6.45) is 3.24. The number of anilines is 1. The number of carbonyl (C=O) groups excluding carboxylic acids is 1. The van der Waals surface area contributed by atoms with E-state index in [9.17, 15) is 9.18 Å². The summed E-state index contributed by atoms with van der Waals surface area (Å²) in [6, 6.07) is 7.06. The van der Waals surface area contributed by atoms with Crippen LogP contribution in [0, 0.1) is 5.82 Å². The highest BCUT2D eigenvalue weighted by atomic mass is 19.1. The summed E-state index contributed by atoms with van der Waals surface area (Å²) < 4.78 is 12.8. The molecule has 0 radical (unpaired) electrons. The molecule has 0 spiro atoms. The van der Waals surface area contributed by atoms with Gasteiger partial charge in [0.15, 0.2) is 5.82 Å². The van der Waals surface area contributed by atoms with Gasteiger partial charge in [0, 0.05) is 18.0 Å². The Morgan fingerprint density at radius 1 is 1.21 bits per heavy atom. The minimum atomic E-state index is -0.383. The van der Waals surface area contributed by atoms with Crippen molar-refractivity contribution in [1.29, 1.82) is 0 Å². The molecular formula is C13H9FN4O. The molecule has 0 saturated heterocycles. The van der Waals surface area contributed by atoms with E-state index in [-0.39, 0.29) is 11.7 Å². The Balaban J connectivity index is 1.89. The lowest BCUT2D eigenvalue weighted by Gasteiger charge is -2.02. The molecule has 0 aliphatic rings. The molecule has 0 unspecified atom stereocenters. The molecule has 0 aliphatic carbocycles. The molecule has 5 nitrogen and oxygen atoms in total. The monoisotopic (exact) mass is 256 g/mol. The summed E-state index contributed by atoms with van der Waals surface area (Å²) in [5.74, 6) is -0.333. The predicted molar refractivity (Wildman–Crippen MR) is 68.2 cm³/mol. The van der Waals surface area contributed by atoms with Gasteiger partial charge in [0.2, 0.25) is 0 Å². The Bertz CT molecular complexity index is 736. The van der Waals surface area contributed by atoms with E-state index in [1.807, 2.05) is 0 Å². The van der Waals surface area contributed by atoms with Gasteiger partial charge in [-0.25, -0.2) is 4.39 Å². The van der Waals surface area contributed by atoms with E-state index in [4.69, 9.17) is 0 Å². The van der Waals surface area contributed by atoms with E-state index in [0.717, 1.165) is 10.9 Å². The number of hydrogen-bond acceptors (Lipinski definition) is 3. The fraction of sp³-hybridized carbons (Fsp3) is 0. The number of halogens is 1. The molecule has 1 aromatic carbocycles. The third-order valence-corrected chi connectivity index (χ3v) is 2.70. The number of carbonyl (C=O) groups is 1. The van der Waals surface area contributed by atoms with Gasteiger partial charge in [-0.2, -0.15) is 5.10 Å². The van der Waals surface area contributed by atoms with Gasteiger partial charge in [-0.15, -0.1) is 0 Å². The van der Waals surface area contributed by atoms with Crippen molar-refractivity contribution in [1.82, 2.24) is 15.2 Å². The predicted octanol–water partition coefficient (Wildman–Crippen LogP) is 2.35. The van der Waals surface area contributed by atoms with Crippen LogP contribution < -0.4 is 5.32 Å². The van der Waals surface area contributed by atoms with Crippen molar-refractivity contribution in [3.05, 3.63) is 54.1 Å². The molecule has 0 aliphatic heterocycles. The van der Waals surface area contributed by atoms with Crippen LogP contribution in [0.3, 0.4) is 0 Å². The normalized spacial score (nSPS) is 10.6. The number of hydrogen-bond donors (Lipinski definition) is 2. The van der Waals surface area contributed by atoms with Gasteiger partial charge < -0.3 is 5.32 Å². The highest BCUT2D eigenvalue weighted by molar-refractivity contribution is 6.07. The number of pyridine rings is 1. The molecule has 3 aromatic rings. The first-order chi connectivity index (χ1) is 9.24. The molecule has 0 saturated carbocycles. The van der Waals surface area contributed by atoms with Gasteiger partial charge in [0.05, 0.1) is 10.9 Å². The SMILES string of the molecule is O=C(Nc1n[nH]c2ccncc12)c1ccc(F)cc1. The van der Waals surface area contributed by atoms with Crippen molar-refractivity contribution in [2.45, 2.75) is 0 Å². The van der Waals surface area contributed by atoms with Crippen molar-refractivity contribution < 1.29 is 9.18 Å². The number of H-pyrrole nitrogens is 1. The van der Waals surface area contributed by atoms with E-state index in [1.165, 1.54) is 24.3 Å². The van der Waals surface area contributed by atoms with Crippen LogP contribution in [-0.4, -0.2) is 21.1 Å². The summed E-state index contributed by atoms with van der Waals surface area (Å²) in [5, 5.41) is 10.2. The van der Waals surface area contributed by atoms with E-state index in [1.54, 1.807) is 18.5 Å². The average molecular weight is 256 g/mol. The van der Waals surface area contributed by atoms with Crippen molar-refractivity contribution >= 4 is 22.6 Å². The highest BCUT2D eigenvalue weighted by Gasteiger charge is 2.11. The minimum Gasteiger partial charge on any atom is -0.305 e. The van der Waals surface area contributed by atoms with Crippen LogP contribution in [0.25, 0.3) is 10.9 Å². The second-order valence-corrected chi connectivity index (χ2v) is 3.95. The third kappa shape index (κ3) is 2.15. The van der Waals surface area contributed by atoms with Crippen LogP contribution in [0.5, 0.6) is 0 Å². The van der Waals surface area contributed by atoms with Crippen molar-refractivity contribution in [3.63, 3.8) is 0 Å². The zero-order valence-corrected chi connectivity index (χ0v) is 9.72. The fourth-order valence-electron chi connectivity index (χ4n) is 1.73. The van der Waals surface area contributed by atoms with Crippen LogP contribution >= 0.6 is 0 Å². The van der Waals surface area contributed by atoms with Crippen molar-refractivity contribution in [2.75, 3.05) is 5.32 Å². The molecule has 6 heteroatoms. The number of aromatic nitrogens is 3. The molecule has 19 heavy (non-hydrogen) atoms. The summed E-state index contributed by atoms with van der Waals surface area (Å²) in [4.78, 5) is 15.9. The maximum Gasteiger partial charge on any atom is 0.256 e. The number of amides is 1. The second kappa shape index (κ2) is 4.49. The molecule has 0 bridgehead atoms. The fourth-order valence-corrected chi connectivity index (χ4v) is 1.73. The zero-order valence-electron chi connectivity index (χ0n) is 9.72. The molecular weight excluding hydrogens is 247 g/mol. The largest absolute Gasteiger partial charge is 0.305 e. The first-order valence-corrected chi connectivity index (χ1v) is 5.59. The molecule has 0 fully saturated rings. The zero-order chi connectivity index (χ0) is 13.2. The van der Waals surface area contributed by atoms with Gasteiger partial charge >= 0.3 is 0 Å². The van der Waals surface area contributed by atoms with E-state index < -0.39 is 0 Å². The molecule has 2 heterocycles. The van der Waals surface area contributed by atoms with Crippen LogP contribution in [-0.2, 0) is 0 Å². The van der Waals surface area contributed by atoms with Gasteiger partial charge in [-0.05, 0) is 30.3 Å². The summed E-state index contributed by atoms with van der Waals surface area (Å²) in [7, 11) is 0. The Kier molecular flexibility index (Phi) is 2.68. The minimum absolute atomic E-state index is 0.350. The van der Waals surface area contributed by atoms with Crippen molar-refractivity contribution in [2.24, 2.45) is 0 Å². The Morgan fingerprint density at radius 2 is 2.00 bits per heavy atom. The van der Waals surface area contributed by atoms with Gasteiger partial charge in [-0.3, -0.25) is 14.9 Å². The number of aromatic amines is 1. The first-order valence-electron chi connectivity index (χ1n) is 5.59. The maximum atomic E-state index is 12.8. The maximum absolute atomic E-state index is 12.8. The van der Waals surface area contributed by atoms with Gasteiger partial charge in [0.1, 0.15) is 5.82 Å². The third-order valence-electron chi connectivity index (χ3n) is 2.70. The standard InChI is InChI=1S/C13H9FN4O/c14-9-3-1-8(2-4-9)13(19)16-12-10-7-15-6-5-11(10)17-18-12/h1-7H,(H2,16,17,18,19). The molecule has 2 aromatic heterocycles. The lowest BCUT2D eigenvalue weighted by atomic mass is 10.2. The quantitative estimate of drug-likeness (QED) is 0.739. The smallest absolute Gasteiger partial charge is 0.256 e. The average Bonchev–Trinajstić information content (AvgIpc) is 2.83. The van der Waals surface area contributed by atoms with Gasteiger partial charge in [0.25, 0.3) is 5.91 Å². The van der Waals surface area contributed by atoms with Gasteiger partial charge in [-0.1, -0.05) is 0 Å². The van der Waals surface area contributed by atoms with Crippen LogP contribution in [0.2, 0.25) is 0 Å². The highest BCUT2D eigenvalue weighted by Crippen LogP contribution is 2.19. The van der Waals surface area contributed by atoms with Crippen LogP contribution in [0.1, 0.15) is 10.4 Å². The Morgan fingerprint density at radius 3 is 2.79 bits per heavy atom. The Hall–Kier alpha value is -2.76. The second-order valence-electron chi connectivity index (χ2n) is 3.95. The number of nitrogens with one attached hydrogen (secondary N) is 2. The summed E-state index contributed by atoms with van der Waals surface area (Å²) in [5.41, 5.74) is 1.14. The molecule has 1 amide bonds. The lowest BCUT2D eigenvalue weighted by Crippen LogP contribution is -2.12. The van der Waals surface area contributed by atoms with E-state index >= 15 is 0 Å². The summed E-state index contributed by atoms with van der Waals surface area (Å²) in [6.45, 7) is 0. The molecule has 2 N–H and O–H groups in total. The van der Waals surface area contributed by atoms with E-state index in [2.05, 4.69) is 20.5 Å². The van der Waals surface area contributed by atoms with Crippen LogP contribution in [0.4, 0.5) is 10.2 Å². The summed E-state index contributed by atoms with van der Waals surface area (Å²) >= 11 is 0. The molecule has 0 atom stereocenters. The number of benzene rings is 1. The number of nitrogens with zero attached hydrogens (tertiary/aromatic N) is 2. The topological polar surface area (TPSA) is 70.7 Å². The van der Waals surface area contributed by atoms with Crippen LogP contribution in [0.15, 0.2) is 42.7 Å². The van der Waals surface area contributed by atoms with Crippen molar-refractivity contribution in [3.8, 4) is 0 Å². The molecule has 3 rings (SSSR count). The molecule has 94 valence electrons. The lowest BCUT2D eigenvalue weighted by molar-refractivity contribution is 0.102. The van der Waals surface area contributed by atoms with E-state index in [0.29, 0.717) is 11.4 Å².